The van der Waals surface area contributed by atoms with Gasteiger partial charge in [-0.15, -0.1) is 0 Å². The molecule has 0 saturated heterocycles. The van der Waals surface area contributed by atoms with Crippen molar-refractivity contribution in [1.29, 1.82) is 0 Å². The first-order chi connectivity index (χ1) is 8.15. The molecule has 17 heavy (non-hydrogen) atoms. The Bertz CT molecular complexity index is 525. The van der Waals surface area contributed by atoms with Gasteiger partial charge in [-0.1, -0.05) is 34.1 Å². The molecule has 2 rings (SSSR count). The Kier molecular flexibility index (Phi) is 3.79. The van der Waals surface area contributed by atoms with Gasteiger partial charge in [0.2, 0.25) is 0 Å². The van der Waals surface area contributed by atoms with Crippen LogP contribution in [0.15, 0.2) is 46.9 Å². The molecule has 1 nitrogen and oxygen atoms in total. The van der Waals surface area contributed by atoms with Crippen LogP contribution >= 0.6 is 15.9 Å². The zero-order valence-corrected chi connectivity index (χ0v) is 11.0. The van der Waals surface area contributed by atoms with Crippen molar-refractivity contribution < 1.29 is 9.13 Å². The Labute approximate surface area is 108 Å². The first-order valence-corrected chi connectivity index (χ1v) is 6.08. The van der Waals surface area contributed by atoms with Gasteiger partial charge in [0.25, 0.3) is 0 Å². The third-order valence-corrected chi connectivity index (χ3v) is 2.89. The maximum atomic E-state index is 13.5. The van der Waals surface area contributed by atoms with Gasteiger partial charge in [0.1, 0.15) is 18.2 Å². The largest absolute Gasteiger partial charge is 0.489 e. The van der Waals surface area contributed by atoms with Crippen molar-refractivity contribution in [2.75, 3.05) is 0 Å². The molecule has 0 fully saturated rings. The molecule has 0 atom stereocenters. The third-order valence-electron chi connectivity index (χ3n) is 2.40. The van der Waals surface area contributed by atoms with Crippen LogP contribution in [0.5, 0.6) is 5.75 Å². The monoisotopic (exact) mass is 294 g/mol. The SMILES string of the molecule is Cc1cccc(OCc2ccc(Br)cc2F)c1. The number of benzene rings is 2. The standard InChI is InChI=1S/C14H12BrFO/c1-10-3-2-4-13(7-10)17-9-11-5-6-12(15)8-14(11)16/h2-8H,9H2,1H3. The molecule has 88 valence electrons. The summed E-state index contributed by atoms with van der Waals surface area (Å²) in [5, 5.41) is 0. The summed E-state index contributed by atoms with van der Waals surface area (Å²) >= 11 is 3.22. The van der Waals surface area contributed by atoms with Gasteiger partial charge >= 0.3 is 0 Å². The van der Waals surface area contributed by atoms with Crippen LogP contribution in [0.1, 0.15) is 11.1 Å². The van der Waals surface area contributed by atoms with Crippen molar-refractivity contribution in [3.05, 3.63) is 63.9 Å². The molecule has 0 spiro atoms. The highest BCUT2D eigenvalue weighted by molar-refractivity contribution is 9.10. The first kappa shape index (κ1) is 12.1. The molecule has 2 aromatic carbocycles. The van der Waals surface area contributed by atoms with Crippen molar-refractivity contribution in [3.63, 3.8) is 0 Å². The summed E-state index contributed by atoms with van der Waals surface area (Å²) in [6.07, 6.45) is 0. The molecular formula is C14H12BrFO. The van der Waals surface area contributed by atoms with Gasteiger partial charge in [-0.05, 0) is 36.8 Å². The van der Waals surface area contributed by atoms with E-state index < -0.39 is 0 Å². The first-order valence-electron chi connectivity index (χ1n) is 5.28. The van der Waals surface area contributed by atoms with Gasteiger partial charge in [-0.25, -0.2) is 4.39 Å². The van der Waals surface area contributed by atoms with E-state index in [-0.39, 0.29) is 12.4 Å². The number of aryl methyl sites for hydroxylation is 1. The molecule has 0 radical (unpaired) electrons. The van der Waals surface area contributed by atoms with Crippen LogP contribution < -0.4 is 4.74 Å². The van der Waals surface area contributed by atoms with Crippen LogP contribution in [-0.2, 0) is 6.61 Å². The molecule has 0 unspecified atom stereocenters. The van der Waals surface area contributed by atoms with Gasteiger partial charge in [-0.3, -0.25) is 0 Å². The number of ether oxygens (including phenoxy) is 1. The average Bonchev–Trinajstić information content (AvgIpc) is 2.28. The highest BCUT2D eigenvalue weighted by atomic mass is 79.9. The minimum absolute atomic E-state index is 0.239. The Morgan fingerprint density at radius 2 is 2.00 bits per heavy atom. The van der Waals surface area contributed by atoms with Crippen molar-refractivity contribution >= 4 is 15.9 Å². The van der Waals surface area contributed by atoms with E-state index in [4.69, 9.17) is 4.74 Å². The molecule has 0 aliphatic heterocycles. The molecule has 0 saturated carbocycles. The number of hydrogen-bond acceptors (Lipinski definition) is 1. The highest BCUT2D eigenvalue weighted by Crippen LogP contribution is 2.18. The maximum absolute atomic E-state index is 13.5. The summed E-state index contributed by atoms with van der Waals surface area (Å²) < 4.78 is 19.8. The van der Waals surface area contributed by atoms with E-state index in [1.54, 1.807) is 12.1 Å². The van der Waals surface area contributed by atoms with Crippen LogP contribution in [0, 0.1) is 12.7 Å². The molecule has 2 aromatic rings. The Balaban J connectivity index is 2.07. The Morgan fingerprint density at radius 3 is 2.71 bits per heavy atom. The van der Waals surface area contributed by atoms with Crippen molar-refractivity contribution in [2.24, 2.45) is 0 Å². The molecular weight excluding hydrogens is 283 g/mol. The average molecular weight is 295 g/mol. The second-order valence-corrected chi connectivity index (χ2v) is 4.76. The molecule has 0 heterocycles. The van der Waals surface area contributed by atoms with Gasteiger partial charge in [-0.2, -0.15) is 0 Å². The summed E-state index contributed by atoms with van der Waals surface area (Å²) in [7, 11) is 0. The van der Waals surface area contributed by atoms with E-state index in [1.165, 1.54) is 6.07 Å². The van der Waals surface area contributed by atoms with E-state index in [1.807, 2.05) is 31.2 Å². The summed E-state index contributed by atoms with van der Waals surface area (Å²) in [5.41, 5.74) is 1.67. The summed E-state index contributed by atoms with van der Waals surface area (Å²) in [4.78, 5) is 0. The van der Waals surface area contributed by atoms with Gasteiger partial charge in [0, 0.05) is 10.0 Å². The fourth-order valence-electron chi connectivity index (χ4n) is 1.50. The zero-order valence-electron chi connectivity index (χ0n) is 9.41. The lowest BCUT2D eigenvalue weighted by molar-refractivity contribution is 0.299. The molecule has 0 aliphatic carbocycles. The Hall–Kier alpha value is -1.35. The lowest BCUT2D eigenvalue weighted by Gasteiger charge is -2.08. The van der Waals surface area contributed by atoms with Crippen LogP contribution in [0.25, 0.3) is 0 Å². The van der Waals surface area contributed by atoms with E-state index in [0.29, 0.717) is 5.56 Å². The molecule has 0 aliphatic rings. The van der Waals surface area contributed by atoms with E-state index >= 15 is 0 Å². The van der Waals surface area contributed by atoms with Crippen LogP contribution in [-0.4, -0.2) is 0 Å². The molecule has 0 amide bonds. The summed E-state index contributed by atoms with van der Waals surface area (Å²) in [6.45, 7) is 2.23. The second kappa shape index (κ2) is 5.32. The third kappa shape index (κ3) is 3.30. The molecule has 3 heteroatoms. The highest BCUT2D eigenvalue weighted by Gasteiger charge is 2.03. The van der Waals surface area contributed by atoms with Crippen LogP contribution in [0.2, 0.25) is 0 Å². The topological polar surface area (TPSA) is 9.23 Å². The van der Waals surface area contributed by atoms with Crippen molar-refractivity contribution in [3.8, 4) is 5.75 Å². The quantitative estimate of drug-likeness (QED) is 0.811. The van der Waals surface area contributed by atoms with E-state index in [0.717, 1.165) is 15.8 Å². The van der Waals surface area contributed by atoms with Gasteiger partial charge in [0.15, 0.2) is 0 Å². The summed E-state index contributed by atoms with van der Waals surface area (Å²) in [6, 6.07) is 12.7. The van der Waals surface area contributed by atoms with Crippen molar-refractivity contribution in [1.82, 2.24) is 0 Å². The predicted octanol–water partition coefficient (Wildman–Crippen LogP) is 4.48. The van der Waals surface area contributed by atoms with Crippen LogP contribution in [0.3, 0.4) is 0 Å². The number of halogens is 2. The number of hydrogen-bond donors (Lipinski definition) is 0. The lowest BCUT2D eigenvalue weighted by atomic mass is 10.2. The summed E-state index contributed by atoms with van der Waals surface area (Å²) in [5.74, 6) is 0.499. The Morgan fingerprint density at radius 1 is 1.18 bits per heavy atom. The maximum Gasteiger partial charge on any atom is 0.130 e. The molecule has 0 bridgehead atoms. The molecule has 0 N–H and O–H groups in total. The normalized spacial score (nSPS) is 10.3. The smallest absolute Gasteiger partial charge is 0.130 e. The fourth-order valence-corrected chi connectivity index (χ4v) is 1.84. The lowest BCUT2D eigenvalue weighted by Crippen LogP contribution is -1.98. The fraction of sp³-hybridized carbons (Fsp3) is 0.143. The number of rotatable bonds is 3. The zero-order chi connectivity index (χ0) is 12.3. The van der Waals surface area contributed by atoms with Crippen molar-refractivity contribution in [2.45, 2.75) is 13.5 Å². The predicted molar refractivity (Wildman–Crippen MR) is 69.6 cm³/mol. The van der Waals surface area contributed by atoms with Gasteiger partial charge < -0.3 is 4.74 Å². The second-order valence-electron chi connectivity index (χ2n) is 3.84. The minimum atomic E-state index is -0.257. The van der Waals surface area contributed by atoms with E-state index in [2.05, 4.69) is 15.9 Å². The van der Waals surface area contributed by atoms with Crippen LogP contribution in [0.4, 0.5) is 4.39 Å². The van der Waals surface area contributed by atoms with E-state index in [9.17, 15) is 4.39 Å². The molecule has 0 aromatic heterocycles. The van der Waals surface area contributed by atoms with Gasteiger partial charge in [0.05, 0.1) is 0 Å². The minimum Gasteiger partial charge on any atom is -0.489 e.